The number of aryl methyl sites for hydroxylation is 1. The van der Waals surface area contributed by atoms with Gasteiger partial charge in [0, 0.05) is 10.6 Å². The van der Waals surface area contributed by atoms with Crippen LogP contribution in [-0.4, -0.2) is 28.2 Å². The fourth-order valence-corrected chi connectivity index (χ4v) is 2.95. The average molecular weight is 399 g/mol. The summed E-state index contributed by atoms with van der Waals surface area (Å²) in [5.74, 6) is 1.90. The number of methoxy groups -OCH3 is 1. The van der Waals surface area contributed by atoms with Gasteiger partial charge in [0.05, 0.1) is 13.3 Å². The number of ether oxygens (including phenoxy) is 2. The van der Waals surface area contributed by atoms with Gasteiger partial charge in [0.15, 0.2) is 0 Å². The first kappa shape index (κ1) is 19.9. The lowest BCUT2D eigenvalue weighted by molar-refractivity contribution is 0.292. The van der Waals surface area contributed by atoms with Gasteiger partial charge in [0.25, 0.3) is 0 Å². The molecule has 0 spiro atoms. The minimum absolute atomic E-state index is 0.303. The van der Waals surface area contributed by atoms with Crippen LogP contribution in [0.25, 0.3) is 0 Å². The smallest absolute Gasteiger partial charge is 0.141 e. The molecule has 146 valence electrons. The Hall–Kier alpha value is -2.86. The molecule has 6 nitrogen and oxygen atoms in total. The predicted octanol–water partition coefficient (Wildman–Crippen LogP) is 4.83. The lowest BCUT2D eigenvalue weighted by Crippen LogP contribution is -2.03. The van der Waals surface area contributed by atoms with Crippen LogP contribution in [0.1, 0.15) is 42.0 Å². The van der Waals surface area contributed by atoms with Crippen molar-refractivity contribution in [2.45, 2.75) is 33.3 Å². The summed E-state index contributed by atoms with van der Waals surface area (Å²) < 4.78 is 13.2. The number of hydrogen-bond acceptors (Lipinski definition) is 5. The molecule has 7 heteroatoms. The zero-order chi connectivity index (χ0) is 20.1. The van der Waals surface area contributed by atoms with Crippen LogP contribution in [0.2, 0.25) is 5.02 Å². The quantitative estimate of drug-likeness (QED) is 0.534. The molecule has 3 aromatic rings. The Morgan fingerprint density at radius 3 is 2.57 bits per heavy atom. The van der Waals surface area contributed by atoms with Gasteiger partial charge < -0.3 is 9.47 Å². The van der Waals surface area contributed by atoms with E-state index in [-0.39, 0.29) is 0 Å². The van der Waals surface area contributed by atoms with Gasteiger partial charge in [-0.05, 0) is 59.9 Å². The summed E-state index contributed by atoms with van der Waals surface area (Å²) in [5, 5.41) is 12.5. The van der Waals surface area contributed by atoms with Crippen molar-refractivity contribution in [1.29, 1.82) is 0 Å². The van der Waals surface area contributed by atoms with E-state index in [2.05, 4.69) is 29.1 Å². The summed E-state index contributed by atoms with van der Waals surface area (Å²) >= 11 is 6.29. The van der Waals surface area contributed by atoms with Gasteiger partial charge in [0.1, 0.15) is 30.8 Å². The fourth-order valence-electron chi connectivity index (χ4n) is 2.78. The van der Waals surface area contributed by atoms with Crippen LogP contribution < -0.4 is 9.47 Å². The topological polar surface area (TPSA) is 61.5 Å². The summed E-state index contributed by atoms with van der Waals surface area (Å²) in [4.78, 5) is 0. The maximum Gasteiger partial charge on any atom is 0.141 e. The minimum atomic E-state index is 0.303. The van der Waals surface area contributed by atoms with Gasteiger partial charge in [-0.15, -0.1) is 10.2 Å². The molecule has 0 aliphatic carbocycles. The standard InChI is InChI=1S/C21H23ClN4O2/c1-14(2)18-9-19(22)15(3)7-21(18)28-11-17-8-16(5-6-20(17)27-4)10-25-26-12-23-24-13-26/h5-10,12-14H,11H2,1-4H3. The Morgan fingerprint density at radius 2 is 1.89 bits per heavy atom. The van der Waals surface area contributed by atoms with E-state index in [0.717, 1.165) is 38.8 Å². The maximum absolute atomic E-state index is 6.29. The maximum atomic E-state index is 6.29. The van der Waals surface area contributed by atoms with Gasteiger partial charge in [-0.2, -0.15) is 5.10 Å². The highest BCUT2D eigenvalue weighted by Gasteiger charge is 2.13. The molecule has 3 rings (SSSR count). The first-order valence-corrected chi connectivity index (χ1v) is 9.34. The Morgan fingerprint density at radius 1 is 1.14 bits per heavy atom. The van der Waals surface area contributed by atoms with Crippen LogP contribution in [-0.2, 0) is 6.61 Å². The highest BCUT2D eigenvalue weighted by Crippen LogP contribution is 2.33. The number of hydrogen-bond donors (Lipinski definition) is 0. The Bertz CT molecular complexity index is 969. The van der Waals surface area contributed by atoms with Crippen LogP contribution in [0.4, 0.5) is 0 Å². The largest absolute Gasteiger partial charge is 0.496 e. The second kappa shape index (κ2) is 8.89. The Labute approximate surface area is 169 Å². The van der Waals surface area contributed by atoms with Gasteiger partial charge in [0.2, 0.25) is 0 Å². The van der Waals surface area contributed by atoms with Crippen LogP contribution in [0.15, 0.2) is 48.1 Å². The van der Waals surface area contributed by atoms with Crippen LogP contribution in [0.5, 0.6) is 11.5 Å². The first-order chi connectivity index (χ1) is 13.5. The molecule has 1 heterocycles. The van der Waals surface area contributed by atoms with Crippen LogP contribution in [0.3, 0.4) is 0 Å². The fraction of sp³-hybridized carbons (Fsp3) is 0.286. The Balaban J connectivity index is 1.84. The number of halogens is 1. The SMILES string of the molecule is COc1ccc(C=Nn2cnnc2)cc1COc1cc(C)c(Cl)cc1C(C)C. The van der Waals surface area contributed by atoms with Crippen molar-refractivity contribution in [2.75, 3.05) is 7.11 Å². The molecule has 0 N–H and O–H groups in total. The van der Waals surface area contributed by atoms with E-state index >= 15 is 0 Å². The minimum Gasteiger partial charge on any atom is -0.496 e. The van der Waals surface area contributed by atoms with Crippen molar-refractivity contribution < 1.29 is 9.47 Å². The highest BCUT2D eigenvalue weighted by atomic mass is 35.5. The van der Waals surface area contributed by atoms with Crippen molar-refractivity contribution in [3.05, 3.63) is 70.3 Å². The van der Waals surface area contributed by atoms with E-state index in [1.165, 1.54) is 17.3 Å². The molecule has 0 aliphatic heterocycles. The van der Waals surface area contributed by atoms with Crippen LogP contribution >= 0.6 is 11.6 Å². The zero-order valence-corrected chi connectivity index (χ0v) is 17.1. The summed E-state index contributed by atoms with van der Waals surface area (Å²) in [6.07, 6.45) is 4.79. The van der Waals surface area contributed by atoms with Crippen molar-refractivity contribution in [3.63, 3.8) is 0 Å². The molecule has 0 unspecified atom stereocenters. The van der Waals surface area contributed by atoms with Crippen molar-refractivity contribution in [2.24, 2.45) is 5.10 Å². The third-order valence-corrected chi connectivity index (χ3v) is 4.75. The lowest BCUT2D eigenvalue weighted by atomic mass is 10.0. The molecule has 28 heavy (non-hydrogen) atoms. The molecule has 0 amide bonds. The van der Waals surface area contributed by atoms with Crippen molar-refractivity contribution in [3.8, 4) is 11.5 Å². The van der Waals surface area contributed by atoms with Crippen molar-refractivity contribution >= 4 is 17.8 Å². The second-order valence-electron chi connectivity index (χ2n) is 6.74. The lowest BCUT2D eigenvalue weighted by Gasteiger charge is -2.17. The summed E-state index contributed by atoms with van der Waals surface area (Å²) in [5.41, 5.74) is 3.92. The molecule has 1 aromatic heterocycles. The van der Waals surface area contributed by atoms with E-state index in [1.54, 1.807) is 13.3 Å². The monoisotopic (exact) mass is 398 g/mol. The van der Waals surface area contributed by atoms with Crippen molar-refractivity contribution in [1.82, 2.24) is 14.9 Å². The Kier molecular flexibility index (Phi) is 6.31. The van der Waals surface area contributed by atoms with Gasteiger partial charge in [-0.25, -0.2) is 4.68 Å². The molecule has 0 saturated heterocycles. The number of rotatable bonds is 7. The normalized spacial score (nSPS) is 11.4. The van der Waals surface area contributed by atoms with Gasteiger partial charge >= 0.3 is 0 Å². The van der Waals surface area contributed by atoms with E-state index in [1.807, 2.05) is 37.3 Å². The van der Waals surface area contributed by atoms with E-state index in [4.69, 9.17) is 21.1 Å². The third-order valence-electron chi connectivity index (χ3n) is 4.35. The predicted molar refractivity (Wildman–Crippen MR) is 111 cm³/mol. The summed E-state index contributed by atoms with van der Waals surface area (Å²) in [6.45, 7) is 6.59. The molecule has 2 aromatic carbocycles. The number of nitrogens with zero attached hydrogens (tertiary/aromatic N) is 4. The van der Waals surface area contributed by atoms with E-state index in [0.29, 0.717) is 12.5 Å². The van der Waals surface area contributed by atoms with Gasteiger partial charge in [-0.1, -0.05) is 25.4 Å². The molecule has 0 aliphatic rings. The second-order valence-corrected chi connectivity index (χ2v) is 7.15. The molecule has 0 atom stereocenters. The average Bonchev–Trinajstić information content (AvgIpc) is 3.20. The molecule has 0 bridgehead atoms. The summed E-state index contributed by atoms with van der Waals surface area (Å²) in [6, 6.07) is 9.80. The van der Waals surface area contributed by atoms with Crippen LogP contribution in [0, 0.1) is 6.92 Å². The zero-order valence-electron chi connectivity index (χ0n) is 16.4. The van der Waals surface area contributed by atoms with E-state index in [9.17, 15) is 0 Å². The third kappa shape index (κ3) is 4.70. The number of aromatic nitrogens is 3. The first-order valence-electron chi connectivity index (χ1n) is 8.96. The molecule has 0 radical (unpaired) electrons. The summed E-state index contributed by atoms with van der Waals surface area (Å²) in [7, 11) is 1.65. The molecular weight excluding hydrogens is 376 g/mol. The highest BCUT2D eigenvalue weighted by molar-refractivity contribution is 6.31. The molecular formula is C21H23ClN4O2. The van der Waals surface area contributed by atoms with E-state index < -0.39 is 0 Å². The van der Waals surface area contributed by atoms with Gasteiger partial charge in [-0.3, -0.25) is 0 Å². The molecule has 0 fully saturated rings. The molecule has 0 saturated carbocycles. The number of benzene rings is 2.